The van der Waals surface area contributed by atoms with E-state index in [1.54, 1.807) is 0 Å². The van der Waals surface area contributed by atoms with Crippen LogP contribution in [0.5, 0.6) is 0 Å². The van der Waals surface area contributed by atoms with Crippen molar-refractivity contribution >= 4 is 5.91 Å². The van der Waals surface area contributed by atoms with E-state index in [2.05, 4.69) is 10.6 Å². The largest absolute Gasteiger partial charge is 0.347 e. The zero-order chi connectivity index (χ0) is 18.0. The lowest BCUT2D eigenvalue weighted by Gasteiger charge is -2.33. The number of carbonyl (C=O) groups excluding carboxylic acids is 1. The van der Waals surface area contributed by atoms with Gasteiger partial charge in [0.1, 0.15) is 11.6 Å². The number of hydrogen-bond acceptors (Lipinski definition) is 2. The molecular formula is C18H16F4N2O. The van der Waals surface area contributed by atoms with Crippen molar-refractivity contribution in [1.29, 1.82) is 0 Å². The lowest BCUT2D eigenvalue weighted by atomic mass is 9.85. The second-order valence-electron chi connectivity index (χ2n) is 5.98. The molecule has 0 radical (unpaired) electrons. The number of rotatable bonds is 3. The van der Waals surface area contributed by atoms with E-state index in [0.717, 1.165) is 30.3 Å². The third kappa shape index (κ3) is 3.82. The molecule has 1 aliphatic rings. The fraction of sp³-hybridized carbons (Fsp3) is 0.278. The molecule has 0 spiro atoms. The van der Waals surface area contributed by atoms with Gasteiger partial charge >= 0.3 is 0 Å². The third-order valence-electron chi connectivity index (χ3n) is 4.34. The molecular weight excluding hydrogens is 336 g/mol. The van der Waals surface area contributed by atoms with Crippen molar-refractivity contribution in [2.75, 3.05) is 13.1 Å². The van der Waals surface area contributed by atoms with Crippen LogP contribution in [0.1, 0.15) is 28.3 Å². The van der Waals surface area contributed by atoms with Gasteiger partial charge in [0, 0.05) is 18.5 Å². The Morgan fingerprint density at radius 3 is 2.52 bits per heavy atom. The number of amides is 1. The first-order valence-electron chi connectivity index (χ1n) is 7.87. The Morgan fingerprint density at radius 1 is 1.00 bits per heavy atom. The van der Waals surface area contributed by atoms with E-state index in [9.17, 15) is 22.4 Å². The Morgan fingerprint density at radius 2 is 1.76 bits per heavy atom. The smallest absolute Gasteiger partial charge is 0.254 e. The summed E-state index contributed by atoms with van der Waals surface area (Å²) in [5.74, 6) is -4.47. The molecule has 3 nitrogen and oxygen atoms in total. The summed E-state index contributed by atoms with van der Waals surface area (Å²) in [5, 5.41) is 5.75. The molecule has 1 fully saturated rings. The predicted molar refractivity (Wildman–Crippen MR) is 84.2 cm³/mol. The molecule has 2 N–H and O–H groups in total. The summed E-state index contributed by atoms with van der Waals surface area (Å²) in [4.78, 5) is 12.3. The second kappa shape index (κ2) is 7.23. The summed E-state index contributed by atoms with van der Waals surface area (Å²) < 4.78 is 53.7. The minimum Gasteiger partial charge on any atom is -0.347 e. The molecule has 2 aromatic rings. The van der Waals surface area contributed by atoms with E-state index in [4.69, 9.17) is 0 Å². The Kier molecular flexibility index (Phi) is 5.03. The zero-order valence-electron chi connectivity index (χ0n) is 13.2. The average molecular weight is 352 g/mol. The highest BCUT2D eigenvalue weighted by atomic mass is 19.2. The van der Waals surface area contributed by atoms with Crippen molar-refractivity contribution in [3.8, 4) is 0 Å². The van der Waals surface area contributed by atoms with Crippen LogP contribution in [0.25, 0.3) is 0 Å². The number of hydrogen-bond donors (Lipinski definition) is 2. The van der Waals surface area contributed by atoms with Crippen LogP contribution in [0, 0.1) is 23.3 Å². The summed E-state index contributed by atoms with van der Waals surface area (Å²) in [6.45, 7) is 1.02. The van der Waals surface area contributed by atoms with Gasteiger partial charge in [-0.2, -0.15) is 0 Å². The first-order chi connectivity index (χ1) is 12.0. The van der Waals surface area contributed by atoms with Crippen molar-refractivity contribution in [3.05, 3.63) is 70.8 Å². The highest BCUT2D eigenvalue weighted by Crippen LogP contribution is 2.27. The number of benzene rings is 2. The summed E-state index contributed by atoms with van der Waals surface area (Å²) in [7, 11) is 0. The van der Waals surface area contributed by atoms with Crippen molar-refractivity contribution in [1.82, 2.24) is 10.6 Å². The first kappa shape index (κ1) is 17.4. The Hall–Kier alpha value is -2.41. The topological polar surface area (TPSA) is 41.1 Å². The molecule has 2 unspecified atom stereocenters. The number of piperidine rings is 1. The highest BCUT2D eigenvalue weighted by Gasteiger charge is 2.29. The Balaban J connectivity index is 1.82. The van der Waals surface area contributed by atoms with Gasteiger partial charge in [-0.3, -0.25) is 4.79 Å². The van der Waals surface area contributed by atoms with Gasteiger partial charge in [0.2, 0.25) is 0 Å². The maximum absolute atomic E-state index is 13.8. The zero-order valence-corrected chi connectivity index (χ0v) is 13.2. The summed E-state index contributed by atoms with van der Waals surface area (Å²) in [6.07, 6.45) is 0.585. The normalized spacial score (nSPS) is 20.3. The molecule has 2 atom stereocenters. The van der Waals surface area contributed by atoms with Crippen LogP contribution in [-0.2, 0) is 0 Å². The van der Waals surface area contributed by atoms with Crippen molar-refractivity contribution in [2.24, 2.45) is 0 Å². The van der Waals surface area contributed by atoms with Gasteiger partial charge in [-0.25, -0.2) is 17.6 Å². The quantitative estimate of drug-likeness (QED) is 0.834. The molecule has 1 heterocycles. The molecule has 0 aliphatic carbocycles. The van der Waals surface area contributed by atoms with Gasteiger partial charge < -0.3 is 10.6 Å². The molecule has 1 saturated heterocycles. The number of halogens is 4. The van der Waals surface area contributed by atoms with Gasteiger partial charge in [-0.05, 0) is 48.9 Å². The Bertz CT molecular complexity index is 797. The average Bonchev–Trinajstić information content (AvgIpc) is 2.60. The van der Waals surface area contributed by atoms with E-state index < -0.39 is 40.8 Å². The number of nitrogens with one attached hydrogen (secondary N) is 2. The molecule has 25 heavy (non-hydrogen) atoms. The SMILES string of the molecule is O=C(NC1CNCCC1c1ccc(F)c(F)c1)c1cc(F)ccc1F. The fourth-order valence-corrected chi connectivity index (χ4v) is 3.07. The molecule has 0 bridgehead atoms. The van der Waals surface area contributed by atoms with Gasteiger partial charge in [0.15, 0.2) is 11.6 Å². The van der Waals surface area contributed by atoms with E-state index >= 15 is 0 Å². The van der Waals surface area contributed by atoms with E-state index in [0.29, 0.717) is 25.1 Å². The standard InChI is InChI=1S/C18H16F4N2O/c19-11-2-4-14(20)13(8-11)18(25)24-17-9-23-6-5-12(17)10-1-3-15(21)16(22)7-10/h1-4,7-8,12,17,23H,5-6,9H2,(H,24,25). The summed E-state index contributed by atoms with van der Waals surface area (Å²) in [6, 6.07) is 5.79. The van der Waals surface area contributed by atoms with Crippen LogP contribution in [0.3, 0.4) is 0 Å². The lowest BCUT2D eigenvalue weighted by molar-refractivity contribution is 0.0920. The van der Waals surface area contributed by atoms with Gasteiger partial charge in [-0.15, -0.1) is 0 Å². The predicted octanol–water partition coefficient (Wildman–Crippen LogP) is 3.12. The molecule has 2 aromatic carbocycles. The Labute approximate surface area is 142 Å². The molecule has 0 aromatic heterocycles. The molecule has 1 aliphatic heterocycles. The minimum absolute atomic E-state index is 0.267. The minimum atomic E-state index is -0.961. The van der Waals surface area contributed by atoms with Crippen molar-refractivity contribution < 1.29 is 22.4 Å². The molecule has 3 rings (SSSR count). The first-order valence-corrected chi connectivity index (χ1v) is 7.87. The lowest BCUT2D eigenvalue weighted by Crippen LogP contribution is -2.50. The number of carbonyl (C=O) groups is 1. The summed E-state index contributed by atoms with van der Waals surface area (Å²) in [5.41, 5.74) is 0.153. The van der Waals surface area contributed by atoms with E-state index in [1.165, 1.54) is 6.07 Å². The van der Waals surface area contributed by atoms with Gasteiger partial charge in [0.25, 0.3) is 5.91 Å². The molecule has 0 saturated carbocycles. The maximum atomic E-state index is 13.8. The maximum Gasteiger partial charge on any atom is 0.254 e. The van der Waals surface area contributed by atoms with Gasteiger partial charge in [0.05, 0.1) is 5.56 Å². The van der Waals surface area contributed by atoms with Crippen molar-refractivity contribution in [2.45, 2.75) is 18.4 Å². The van der Waals surface area contributed by atoms with E-state index in [1.807, 2.05) is 0 Å². The van der Waals surface area contributed by atoms with E-state index in [-0.39, 0.29) is 5.92 Å². The summed E-state index contributed by atoms with van der Waals surface area (Å²) >= 11 is 0. The van der Waals surface area contributed by atoms with Crippen LogP contribution >= 0.6 is 0 Å². The molecule has 7 heteroatoms. The van der Waals surface area contributed by atoms with Crippen LogP contribution < -0.4 is 10.6 Å². The third-order valence-corrected chi connectivity index (χ3v) is 4.34. The monoisotopic (exact) mass is 352 g/mol. The molecule has 132 valence electrons. The highest BCUT2D eigenvalue weighted by molar-refractivity contribution is 5.94. The second-order valence-corrected chi connectivity index (χ2v) is 5.98. The van der Waals surface area contributed by atoms with Gasteiger partial charge in [-0.1, -0.05) is 6.07 Å². The molecule has 1 amide bonds. The van der Waals surface area contributed by atoms with Crippen LogP contribution in [0.2, 0.25) is 0 Å². The van der Waals surface area contributed by atoms with Crippen molar-refractivity contribution in [3.63, 3.8) is 0 Å². The fourth-order valence-electron chi connectivity index (χ4n) is 3.07. The van der Waals surface area contributed by atoms with Crippen LogP contribution in [0.15, 0.2) is 36.4 Å². The van der Waals surface area contributed by atoms with Crippen LogP contribution in [-0.4, -0.2) is 25.0 Å². The van der Waals surface area contributed by atoms with Crippen LogP contribution in [0.4, 0.5) is 17.6 Å².